The van der Waals surface area contributed by atoms with Gasteiger partial charge in [-0.05, 0) is 36.8 Å². The van der Waals surface area contributed by atoms with Gasteiger partial charge in [0.1, 0.15) is 5.82 Å². The largest absolute Gasteiger partial charge is 0.351 e. The van der Waals surface area contributed by atoms with E-state index in [2.05, 4.69) is 9.88 Å². The highest BCUT2D eigenvalue weighted by atomic mass is 19.1. The first-order chi connectivity index (χ1) is 13.8. The summed E-state index contributed by atoms with van der Waals surface area (Å²) >= 11 is 0. The van der Waals surface area contributed by atoms with Crippen LogP contribution in [0.2, 0.25) is 0 Å². The van der Waals surface area contributed by atoms with Crippen molar-refractivity contribution in [2.24, 2.45) is 5.73 Å². The number of urea groups is 1. The van der Waals surface area contributed by atoms with Crippen LogP contribution in [-0.2, 0) is 17.9 Å². The van der Waals surface area contributed by atoms with Gasteiger partial charge in [-0.1, -0.05) is 6.07 Å². The van der Waals surface area contributed by atoms with Crippen LogP contribution in [-0.4, -0.2) is 52.9 Å². The number of hydrogen-bond acceptors (Lipinski definition) is 4. The molecular formula is C21H26FN5O2. The molecule has 0 unspecified atom stereocenters. The molecule has 1 aliphatic rings. The van der Waals surface area contributed by atoms with Crippen LogP contribution in [0.5, 0.6) is 0 Å². The summed E-state index contributed by atoms with van der Waals surface area (Å²) < 4.78 is 14.4. The highest BCUT2D eigenvalue weighted by Gasteiger charge is 2.20. The molecule has 0 atom stereocenters. The number of pyridine rings is 1. The highest BCUT2D eigenvalue weighted by molar-refractivity contribution is 5.90. The third-order valence-corrected chi connectivity index (χ3v) is 5.14. The molecule has 3 amide bonds. The number of rotatable bonds is 5. The molecule has 2 N–H and O–H groups in total. The number of hydrogen-bond donors (Lipinski definition) is 1. The third kappa shape index (κ3) is 5.29. The van der Waals surface area contributed by atoms with Gasteiger partial charge < -0.3 is 10.6 Å². The van der Waals surface area contributed by atoms with Crippen molar-refractivity contribution in [2.45, 2.75) is 26.9 Å². The SMILES string of the molecule is CC(=O)N1CCN(Cc2ccc(F)c(CN(C(N)=O)c3ccc(C)nc3)c2)CC1. The molecule has 3 rings (SSSR count). The maximum atomic E-state index is 14.4. The highest BCUT2D eigenvalue weighted by Crippen LogP contribution is 2.20. The van der Waals surface area contributed by atoms with Crippen LogP contribution in [0.15, 0.2) is 36.5 Å². The van der Waals surface area contributed by atoms with E-state index in [4.69, 9.17) is 5.73 Å². The number of benzene rings is 1. The second-order valence-corrected chi connectivity index (χ2v) is 7.29. The summed E-state index contributed by atoms with van der Waals surface area (Å²) in [6.45, 7) is 7.04. The number of nitrogens with two attached hydrogens (primary N) is 1. The number of carbonyl (C=O) groups is 2. The zero-order valence-electron chi connectivity index (χ0n) is 16.8. The number of halogens is 1. The van der Waals surface area contributed by atoms with Gasteiger partial charge in [0.2, 0.25) is 5.91 Å². The number of anilines is 1. The molecular weight excluding hydrogens is 373 g/mol. The number of amides is 3. The maximum Gasteiger partial charge on any atom is 0.319 e. The molecule has 0 spiro atoms. The van der Waals surface area contributed by atoms with Crippen LogP contribution >= 0.6 is 0 Å². The summed E-state index contributed by atoms with van der Waals surface area (Å²) in [5, 5.41) is 0. The monoisotopic (exact) mass is 399 g/mol. The Hall–Kier alpha value is -3.00. The summed E-state index contributed by atoms with van der Waals surface area (Å²) in [5.41, 5.74) is 8.20. The average Bonchev–Trinajstić information content (AvgIpc) is 2.69. The molecule has 154 valence electrons. The predicted octanol–water partition coefficient (Wildman–Crippen LogP) is 2.28. The molecule has 0 radical (unpaired) electrons. The van der Waals surface area contributed by atoms with Crippen LogP contribution in [0.25, 0.3) is 0 Å². The standard InChI is InChI=1S/C21H26FN5O2/c1-15-3-5-19(12-24-15)27(21(23)29)14-18-11-17(4-6-20(18)22)13-25-7-9-26(10-8-25)16(2)28/h3-6,11-12H,7-10,13-14H2,1-2H3,(H2,23,29). The zero-order chi connectivity index (χ0) is 21.0. The molecule has 2 aromatic rings. The molecule has 1 aromatic carbocycles. The van der Waals surface area contributed by atoms with Crippen LogP contribution < -0.4 is 10.6 Å². The third-order valence-electron chi connectivity index (χ3n) is 5.14. The minimum atomic E-state index is -0.666. The van der Waals surface area contributed by atoms with Gasteiger partial charge in [0, 0.05) is 50.9 Å². The Morgan fingerprint density at radius 1 is 1.17 bits per heavy atom. The molecule has 7 nitrogen and oxygen atoms in total. The second-order valence-electron chi connectivity index (χ2n) is 7.29. The second kappa shape index (κ2) is 9.00. The normalized spacial score (nSPS) is 14.7. The smallest absolute Gasteiger partial charge is 0.319 e. The van der Waals surface area contributed by atoms with Crippen LogP contribution in [0.1, 0.15) is 23.7 Å². The number of aryl methyl sites for hydroxylation is 1. The maximum absolute atomic E-state index is 14.4. The number of piperazine rings is 1. The van der Waals surface area contributed by atoms with E-state index in [-0.39, 0.29) is 18.3 Å². The van der Waals surface area contributed by atoms with Crippen molar-refractivity contribution in [3.63, 3.8) is 0 Å². The quantitative estimate of drug-likeness (QED) is 0.836. The molecule has 0 aliphatic carbocycles. The van der Waals surface area contributed by atoms with Gasteiger partial charge in [0.15, 0.2) is 0 Å². The average molecular weight is 399 g/mol. The van der Waals surface area contributed by atoms with Gasteiger partial charge in [-0.15, -0.1) is 0 Å². The van der Waals surface area contributed by atoms with Crippen LogP contribution in [0.4, 0.5) is 14.9 Å². The van der Waals surface area contributed by atoms with E-state index in [1.54, 1.807) is 37.4 Å². The molecule has 1 saturated heterocycles. The minimum Gasteiger partial charge on any atom is -0.351 e. The lowest BCUT2D eigenvalue weighted by molar-refractivity contribution is -0.130. The van der Waals surface area contributed by atoms with E-state index in [1.807, 2.05) is 11.8 Å². The van der Waals surface area contributed by atoms with Gasteiger partial charge in [-0.2, -0.15) is 0 Å². The topological polar surface area (TPSA) is 82.8 Å². The Bertz CT molecular complexity index is 879. The minimum absolute atomic E-state index is 0.0257. The van der Waals surface area contributed by atoms with Gasteiger partial charge in [0.05, 0.1) is 18.4 Å². The molecule has 0 saturated carbocycles. The Kier molecular flexibility index (Phi) is 6.43. The van der Waals surface area contributed by atoms with Crippen molar-refractivity contribution in [2.75, 3.05) is 31.1 Å². The van der Waals surface area contributed by atoms with Crippen LogP contribution in [0, 0.1) is 12.7 Å². The van der Waals surface area contributed by atoms with Crippen LogP contribution in [0.3, 0.4) is 0 Å². The summed E-state index contributed by atoms with van der Waals surface area (Å²) in [5.74, 6) is -0.299. The van der Waals surface area contributed by atoms with Crippen molar-refractivity contribution in [3.8, 4) is 0 Å². The lowest BCUT2D eigenvalue weighted by atomic mass is 10.1. The van der Waals surface area contributed by atoms with Gasteiger partial charge in [-0.3, -0.25) is 19.6 Å². The molecule has 29 heavy (non-hydrogen) atoms. The number of aromatic nitrogens is 1. The van der Waals surface area contributed by atoms with Crippen molar-refractivity contribution in [1.29, 1.82) is 0 Å². The zero-order valence-corrected chi connectivity index (χ0v) is 16.8. The molecule has 8 heteroatoms. The summed E-state index contributed by atoms with van der Waals surface area (Å²) in [6, 6.07) is 7.79. The van der Waals surface area contributed by atoms with Gasteiger partial charge in [-0.25, -0.2) is 9.18 Å². The lowest BCUT2D eigenvalue weighted by Crippen LogP contribution is -2.47. The van der Waals surface area contributed by atoms with E-state index in [0.29, 0.717) is 30.9 Å². The first-order valence-electron chi connectivity index (χ1n) is 9.58. The number of primary amides is 1. The Morgan fingerprint density at radius 3 is 2.48 bits per heavy atom. The summed E-state index contributed by atoms with van der Waals surface area (Å²) in [4.78, 5) is 32.9. The van der Waals surface area contributed by atoms with E-state index in [1.165, 1.54) is 11.0 Å². The Labute approximate surface area is 169 Å². The lowest BCUT2D eigenvalue weighted by Gasteiger charge is -2.34. The molecule has 1 aromatic heterocycles. The van der Waals surface area contributed by atoms with Gasteiger partial charge >= 0.3 is 6.03 Å². The van der Waals surface area contributed by atoms with Crippen molar-refractivity contribution < 1.29 is 14.0 Å². The predicted molar refractivity (Wildman–Crippen MR) is 109 cm³/mol. The molecule has 2 heterocycles. The van der Waals surface area contributed by atoms with Crippen molar-refractivity contribution in [1.82, 2.24) is 14.8 Å². The Morgan fingerprint density at radius 2 is 1.90 bits per heavy atom. The summed E-state index contributed by atoms with van der Waals surface area (Å²) in [6.07, 6.45) is 1.55. The van der Waals surface area contributed by atoms with Gasteiger partial charge in [0.25, 0.3) is 0 Å². The Balaban J connectivity index is 1.72. The first-order valence-corrected chi connectivity index (χ1v) is 9.58. The molecule has 1 fully saturated rings. The van der Waals surface area contributed by atoms with E-state index in [0.717, 1.165) is 24.3 Å². The summed E-state index contributed by atoms with van der Waals surface area (Å²) in [7, 11) is 0. The van der Waals surface area contributed by atoms with E-state index < -0.39 is 6.03 Å². The van der Waals surface area contributed by atoms with E-state index in [9.17, 15) is 14.0 Å². The van der Waals surface area contributed by atoms with Crippen molar-refractivity contribution in [3.05, 3.63) is 59.2 Å². The fourth-order valence-corrected chi connectivity index (χ4v) is 3.41. The number of carbonyl (C=O) groups excluding carboxylic acids is 2. The van der Waals surface area contributed by atoms with E-state index >= 15 is 0 Å². The first kappa shape index (κ1) is 20.7. The number of nitrogens with zero attached hydrogens (tertiary/aromatic N) is 4. The fourth-order valence-electron chi connectivity index (χ4n) is 3.41. The molecule has 0 bridgehead atoms. The van der Waals surface area contributed by atoms with Crippen molar-refractivity contribution >= 4 is 17.6 Å². The molecule has 1 aliphatic heterocycles. The fraction of sp³-hybridized carbons (Fsp3) is 0.381.